The van der Waals surface area contributed by atoms with E-state index in [1.165, 1.54) is 0 Å². The van der Waals surface area contributed by atoms with E-state index in [2.05, 4.69) is 5.32 Å². The second-order valence-electron chi connectivity index (χ2n) is 6.83. The molecule has 3 atom stereocenters. The molecule has 0 aromatic heterocycles. The van der Waals surface area contributed by atoms with Crippen molar-refractivity contribution in [3.8, 4) is 0 Å². The van der Waals surface area contributed by atoms with Crippen molar-refractivity contribution in [3.05, 3.63) is 0 Å². The number of carbonyl (C=O) groups excluding carboxylic acids is 1. The monoisotopic (exact) mass is 263 g/mol. The highest BCUT2D eigenvalue weighted by Gasteiger charge is 2.61. The Morgan fingerprint density at radius 3 is 2.21 bits per heavy atom. The van der Waals surface area contributed by atoms with E-state index in [0.717, 1.165) is 32.1 Å². The predicted octanol–water partition coefficient (Wildman–Crippen LogP) is 0.649. The highest BCUT2D eigenvalue weighted by Crippen LogP contribution is 2.62. The van der Waals surface area contributed by atoms with Crippen LogP contribution in [-0.2, 0) is 4.79 Å². The average molecular weight is 263 g/mol. The van der Waals surface area contributed by atoms with Crippen LogP contribution in [0, 0.1) is 17.3 Å². The Morgan fingerprint density at radius 1 is 1.21 bits per heavy atom. The molecule has 4 saturated carbocycles. The third-order valence-electron chi connectivity index (χ3n) is 5.22. The van der Waals surface area contributed by atoms with Crippen LogP contribution in [0.5, 0.6) is 0 Å². The fourth-order valence-corrected chi connectivity index (χ4v) is 5.24. The summed E-state index contributed by atoms with van der Waals surface area (Å²) < 4.78 is 0. The molecule has 0 heterocycles. The van der Waals surface area contributed by atoms with Crippen LogP contribution in [-0.4, -0.2) is 41.5 Å². The maximum atomic E-state index is 11.5. The van der Waals surface area contributed by atoms with Crippen molar-refractivity contribution in [2.75, 3.05) is 0 Å². The zero-order valence-electron chi connectivity index (χ0n) is 10.8. The lowest BCUT2D eigenvalue weighted by Crippen LogP contribution is -2.64. The van der Waals surface area contributed by atoms with Crippen molar-refractivity contribution in [2.45, 2.75) is 50.2 Å². The summed E-state index contributed by atoms with van der Waals surface area (Å²) in [7, 11) is 5.11. The highest BCUT2D eigenvalue weighted by molar-refractivity contribution is 6.57. The predicted molar refractivity (Wildman–Crippen MR) is 67.8 cm³/mol. The smallest absolute Gasteiger partial charge is 0.326 e. The summed E-state index contributed by atoms with van der Waals surface area (Å²) in [6.07, 6.45) is 4.62. The second-order valence-corrected chi connectivity index (χ2v) is 6.83. The molecule has 2 radical (unpaired) electrons. The summed E-state index contributed by atoms with van der Waals surface area (Å²) in [5.41, 5.74) is -1.27. The van der Waals surface area contributed by atoms with Crippen LogP contribution in [0.2, 0.25) is 0 Å². The van der Waals surface area contributed by atoms with Gasteiger partial charge in [0.1, 0.15) is 6.04 Å². The van der Waals surface area contributed by atoms with Gasteiger partial charge in [0.25, 0.3) is 0 Å². The fourth-order valence-electron chi connectivity index (χ4n) is 5.24. The second kappa shape index (κ2) is 3.98. The van der Waals surface area contributed by atoms with Gasteiger partial charge in [-0.3, -0.25) is 4.79 Å². The van der Waals surface area contributed by atoms with Gasteiger partial charge in [-0.15, -0.1) is 0 Å². The number of nitrogens with one attached hydrogen (secondary N) is 1. The maximum absolute atomic E-state index is 11.5. The Kier molecular flexibility index (Phi) is 2.72. The zero-order valence-corrected chi connectivity index (χ0v) is 10.8. The number of carbonyl (C=O) groups is 2. The quantitative estimate of drug-likeness (QED) is 0.652. The third-order valence-corrected chi connectivity index (χ3v) is 5.22. The normalized spacial score (nSPS) is 44.9. The number of aliphatic hydroxyl groups is 1. The van der Waals surface area contributed by atoms with Crippen LogP contribution in [0.3, 0.4) is 0 Å². The average Bonchev–Trinajstić information content (AvgIpc) is 2.21. The van der Waals surface area contributed by atoms with Gasteiger partial charge in [-0.25, -0.2) is 4.79 Å². The highest BCUT2D eigenvalue weighted by atomic mass is 16.4. The van der Waals surface area contributed by atoms with Crippen LogP contribution in [0.25, 0.3) is 0 Å². The van der Waals surface area contributed by atoms with Gasteiger partial charge in [0.15, 0.2) is 5.81 Å². The molecule has 0 saturated heterocycles. The van der Waals surface area contributed by atoms with Gasteiger partial charge in [-0.1, -0.05) is 0 Å². The third kappa shape index (κ3) is 2.06. The van der Waals surface area contributed by atoms with Gasteiger partial charge in [-0.05, 0) is 50.4 Å². The van der Waals surface area contributed by atoms with E-state index in [1.54, 1.807) is 0 Å². The van der Waals surface area contributed by atoms with E-state index >= 15 is 0 Å². The first-order chi connectivity index (χ1) is 8.82. The molecule has 4 bridgehead atoms. The Morgan fingerprint density at radius 2 is 1.79 bits per heavy atom. The van der Waals surface area contributed by atoms with E-state index in [9.17, 15) is 19.8 Å². The van der Waals surface area contributed by atoms with Gasteiger partial charge in [0.2, 0.25) is 7.85 Å². The minimum Gasteiger partial charge on any atom is -0.480 e. The Hall–Kier alpha value is -1.04. The summed E-state index contributed by atoms with van der Waals surface area (Å²) in [5, 5.41) is 22.4. The first-order valence-corrected chi connectivity index (χ1v) is 6.83. The topological polar surface area (TPSA) is 86.6 Å². The molecule has 0 spiro atoms. The number of carboxylic acid groups (broad SMARTS) is 1. The van der Waals surface area contributed by atoms with Gasteiger partial charge in [0, 0.05) is 5.41 Å². The lowest BCUT2D eigenvalue weighted by atomic mass is 9.46. The summed E-state index contributed by atoms with van der Waals surface area (Å²) in [5.74, 6) is -1.11. The largest absolute Gasteiger partial charge is 0.480 e. The SMILES string of the molecule is [B]C(=O)NC(C(=O)O)C12CC3CC(CC(O)(C3)C1)C2. The van der Waals surface area contributed by atoms with Crippen LogP contribution < -0.4 is 5.32 Å². The van der Waals surface area contributed by atoms with Gasteiger partial charge in [0.05, 0.1) is 5.60 Å². The number of amides is 1. The van der Waals surface area contributed by atoms with Crippen molar-refractivity contribution in [1.82, 2.24) is 5.32 Å². The zero-order chi connectivity index (χ0) is 13.8. The van der Waals surface area contributed by atoms with Crippen LogP contribution in [0.15, 0.2) is 0 Å². The van der Waals surface area contributed by atoms with E-state index < -0.39 is 28.8 Å². The van der Waals surface area contributed by atoms with E-state index in [4.69, 9.17) is 7.85 Å². The molecule has 0 aliphatic heterocycles. The standard InChI is InChI=1S/C13H18BNO4/c14-11(18)15-9(10(16)17)12-2-7-1-8(3-12)5-13(19,4-7)6-12/h7-9,19H,1-6H2,(H,15,18)(H,16,17). The van der Waals surface area contributed by atoms with E-state index in [1.807, 2.05) is 0 Å². The Bertz CT molecular complexity index is 424. The first kappa shape index (κ1) is 13.0. The van der Waals surface area contributed by atoms with E-state index in [0.29, 0.717) is 18.3 Å². The van der Waals surface area contributed by atoms with Crippen LogP contribution in [0.4, 0.5) is 4.79 Å². The summed E-state index contributed by atoms with van der Waals surface area (Å²) in [6.45, 7) is 0. The molecule has 3 N–H and O–H groups in total. The van der Waals surface area contributed by atoms with Crippen LogP contribution in [0.1, 0.15) is 38.5 Å². The molecule has 102 valence electrons. The Balaban J connectivity index is 1.93. The molecule has 4 fully saturated rings. The van der Waals surface area contributed by atoms with Crippen LogP contribution >= 0.6 is 0 Å². The van der Waals surface area contributed by atoms with Crippen molar-refractivity contribution < 1.29 is 19.8 Å². The van der Waals surface area contributed by atoms with Crippen molar-refractivity contribution >= 4 is 19.6 Å². The van der Waals surface area contributed by atoms with Gasteiger partial charge < -0.3 is 15.5 Å². The molecule has 1 amide bonds. The fraction of sp³-hybridized carbons (Fsp3) is 0.846. The van der Waals surface area contributed by atoms with Gasteiger partial charge >= 0.3 is 5.97 Å². The molecule has 19 heavy (non-hydrogen) atoms. The van der Waals surface area contributed by atoms with E-state index in [-0.39, 0.29) is 0 Å². The molecular formula is C13H18BNO4. The first-order valence-electron chi connectivity index (χ1n) is 6.83. The summed E-state index contributed by atoms with van der Waals surface area (Å²) >= 11 is 0. The molecule has 6 heteroatoms. The lowest BCUT2D eigenvalue weighted by Gasteiger charge is -2.61. The molecule has 3 unspecified atom stereocenters. The minimum atomic E-state index is -1.05. The number of hydrogen-bond donors (Lipinski definition) is 3. The molecule has 4 aliphatic carbocycles. The molecule has 4 rings (SSSR count). The number of hydrogen-bond acceptors (Lipinski definition) is 3. The summed E-state index contributed by atoms with van der Waals surface area (Å²) in [6, 6.07) is -0.984. The summed E-state index contributed by atoms with van der Waals surface area (Å²) in [4.78, 5) is 22.6. The van der Waals surface area contributed by atoms with Crippen molar-refractivity contribution in [1.29, 1.82) is 0 Å². The minimum absolute atomic E-state index is 0.378. The molecule has 4 aliphatic rings. The van der Waals surface area contributed by atoms with Gasteiger partial charge in [-0.2, -0.15) is 0 Å². The molecular weight excluding hydrogens is 245 g/mol. The lowest BCUT2D eigenvalue weighted by molar-refractivity contribution is -0.181. The molecule has 5 nitrogen and oxygen atoms in total. The van der Waals surface area contributed by atoms with Crippen molar-refractivity contribution in [2.24, 2.45) is 17.3 Å². The number of rotatable bonds is 3. The van der Waals surface area contributed by atoms with Crippen molar-refractivity contribution in [3.63, 3.8) is 0 Å². The number of carboxylic acids is 1. The number of aliphatic carboxylic acids is 1. The molecule has 0 aromatic carbocycles. The Labute approximate surface area is 113 Å². The molecule has 0 aromatic rings. The maximum Gasteiger partial charge on any atom is 0.326 e.